The van der Waals surface area contributed by atoms with Crippen LogP contribution in [-0.2, 0) is 13.0 Å². The molecule has 0 radical (unpaired) electrons. The van der Waals surface area contributed by atoms with Gasteiger partial charge in [0, 0.05) is 38.2 Å². The fraction of sp³-hybridized carbons (Fsp3) is 0.480. The molecule has 1 aliphatic heterocycles. The number of aryl methyl sites for hydroxylation is 1. The third-order valence-corrected chi connectivity index (χ3v) is 6.73. The van der Waals surface area contributed by atoms with Gasteiger partial charge < -0.3 is 19.6 Å². The summed E-state index contributed by atoms with van der Waals surface area (Å²) in [5.41, 5.74) is 1.79. The molecule has 1 fully saturated rings. The third-order valence-electron chi connectivity index (χ3n) is 6.73. The second-order valence-electron chi connectivity index (χ2n) is 10.1. The molecule has 33 heavy (non-hydrogen) atoms. The molecule has 1 unspecified atom stereocenters. The molecule has 2 N–H and O–H groups in total. The molecule has 1 saturated heterocycles. The van der Waals surface area contributed by atoms with Gasteiger partial charge in [-0.2, -0.15) is 0 Å². The number of fused-ring (bicyclic) bond motifs is 2. The van der Waals surface area contributed by atoms with Crippen molar-refractivity contribution in [2.24, 2.45) is 5.41 Å². The highest BCUT2D eigenvalue weighted by molar-refractivity contribution is 5.77. The first-order valence-corrected chi connectivity index (χ1v) is 11.6. The SMILES string of the molecule is Cc1cc2c(o1)CC(C)(C)CC2NC(=O)N1CCN(Cc2nc3ccccc3c(=O)[nH]2)CC1. The van der Waals surface area contributed by atoms with E-state index in [-0.39, 0.29) is 23.0 Å². The van der Waals surface area contributed by atoms with E-state index >= 15 is 0 Å². The van der Waals surface area contributed by atoms with E-state index in [9.17, 15) is 9.59 Å². The number of aromatic nitrogens is 2. The molecular weight excluding hydrogens is 418 g/mol. The molecule has 1 aliphatic carbocycles. The lowest BCUT2D eigenvalue weighted by Crippen LogP contribution is -2.52. The summed E-state index contributed by atoms with van der Waals surface area (Å²) in [6.45, 7) is 9.69. The highest BCUT2D eigenvalue weighted by Crippen LogP contribution is 2.42. The van der Waals surface area contributed by atoms with Crippen LogP contribution in [0, 0.1) is 12.3 Å². The van der Waals surface area contributed by atoms with Crippen LogP contribution in [0.4, 0.5) is 4.79 Å². The number of amides is 2. The summed E-state index contributed by atoms with van der Waals surface area (Å²) in [6, 6.07) is 9.37. The zero-order valence-electron chi connectivity index (χ0n) is 19.5. The van der Waals surface area contributed by atoms with Crippen LogP contribution >= 0.6 is 0 Å². The number of benzene rings is 1. The first-order chi connectivity index (χ1) is 15.8. The Morgan fingerprint density at radius 1 is 1.24 bits per heavy atom. The molecule has 174 valence electrons. The van der Waals surface area contributed by atoms with E-state index in [0.29, 0.717) is 36.4 Å². The third kappa shape index (κ3) is 4.53. The number of nitrogens with zero attached hydrogens (tertiary/aromatic N) is 3. The number of carbonyl (C=O) groups excluding carboxylic acids is 1. The number of carbonyl (C=O) groups is 1. The Morgan fingerprint density at radius 3 is 2.79 bits per heavy atom. The maximum absolute atomic E-state index is 13.1. The van der Waals surface area contributed by atoms with E-state index in [2.05, 4.69) is 40.1 Å². The van der Waals surface area contributed by atoms with Crippen LogP contribution < -0.4 is 10.9 Å². The van der Waals surface area contributed by atoms with E-state index in [0.717, 1.165) is 43.0 Å². The van der Waals surface area contributed by atoms with Crippen LogP contribution in [0.3, 0.4) is 0 Å². The van der Waals surface area contributed by atoms with Crippen molar-refractivity contribution in [3.63, 3.8) is 0 Å². The van der Waals surface area contributed by atoms with Gasteiger partial charge in [0.05, 0.1) is 23.5 Å². The number of rotatable bonds is 3. The lowest BCUT2D eigenvalue weighted by atomic mass is 9.75. The van der Waals surface area contributed by atoms with Crippen molar-refractivity contribution in [3.8, 4) is 0 Å². The molecule has 5 rings (SSSR count). The van der Waals surface area contributed by atoms with Gasteiger partial charge in [-0.3, -0.25) is 9.69 Å². The molecule has 0 saturated carbocycles. The number of furan rings is 1. The summed E-state index contributed by atoms with van der Waals surface area (Å²) in [6.07, 6.45) is 1.79. The van der Waals surface area contributed by atoms with E-state index < -0.39 is 0 Å². The van der Waals surface area contributed by atoms with Crippen molar-refractivity contribution in [1.82, 2.24) is 25.1 Å². The Balaban J connectivity index is 1.20. The Bertz CT molecular complexity index is 1240. The number of hydrogen-bond acceptors (Lipinski definition) is 5. The zero-order chi connectivity index (χ0) is 23.2. The lowest BCUT2D eigenvalue weighted by molar-refractivity contribution is 0.128. The number of nitrogens with one attached hydrogen (secondary N) is 2. The molecule has 1 atom stereocenters. The maximum Gasteiger partial charge on any atom is 0.317 e. The van der Waals surface area contributed by atoms with Crippen molar-refractivity contribution in [1.29, 1.82) is 0 Å². The van der Waals surface area contributed by atoms with Crippen molar-refractivity contribution in [3.05, 3.63) is 63.6 Å². The standard InChI is InChI=1S/C25H31N5O3/c1-16-12-18-20(13-25(2,3)14-21(18)33-16)27-24(32)30-10-8-29(9-11-30)15-22-26-19-7-5-4-6-17(19)23(31)28-22/h4-7,12,20H,8-11,13-15H2,1-3H3,(H,27,32)(H,26,28,31). The minimum atomic E-state index is -0.113. The van der Waals surface area contributed by atoms with E-state index in [1.807, 2.05) is 30.0 Å². The Kier molecular flexibility index (Phi) is 5.48. The van der Waals surface area contributed by atoms with Gasteiger partial charge in [-0.15, -0.1) is 0 Å². The Hall–Kier alpha value is -3.13. The first-order valence-electron chi connectivity index (χ1n) is 11.6. The quantitative estimate of drug-likeness (QED) is 0.639. The van der Waals surface area contributed by atoms with Crippen LogP contribution in [-0.4, -0.2) is 52.0 Å². The predicted octanol–water partition coefficient (Wildman–Crippen LogP) is 3.37. The topological polar surface area (TPSA) is 94.5 Å². The molecule has 0 bridgehead atoms. The molecule has 2 aliphatic rings. The first kappa shape index (κ1) is 21.7. The molecular formula is C25H31N5O3. The van der Waals surface area contributed by atoms with Crippen LogP contribution in [0.2, 0.25) is 0 Å². The smallest absolute Gasteiger partial charge is 0.317 e. The maximum atomic E-state index is 13.1. The van der Waals surface area contributed by atoms with Gasteiger partial charge in [0.2, 0.25) is 0 Å². The second kappa shape index (κ2) is 8.33. The molecule has 3 aromatic rings. The molecule has 2 aromatic heterocycles. The zero-order valence-corrected chi connectivity index (χ0v) is 19.5. The van der Waals surface area contributed by atoms with Crippen LogP contribution in [0.5, 0.6) is 0 Å². The van der Waals surface area contributed by atoms with Crippen molar-refractivity contribution < 1.29 is 9.21 Å². The average Bonchev–Trinajstić information content (AvgIpc) is 3.13. The Labute approximate surface area is 193 Å². The number of H-pyrrole nitrogens is 1. The van der Waals surface area contributed by atoms with Crippen molar-refractivity contribution >= 4 is 16.9 Å². The average molecular weight is 450 g/mol. The minimum absolute atomic E-state index is 0.0283. The van der Waals surface area contributed by atoms with Gasteiger partial charge in [0.15, 0.2) is 0 Å². The largest absolute Gasteiger partial charge is 0.466 e. The normalized spacial score (nSPS) is 20.6. The van der Waals surface area contributed by atoms with Crippen LogP contribution in [0.15, 0.2) is 39.5 Å². The van der Waals surface area contributed by atoms with Crippen molar-refractivity contribution in [2.75, 3.05) is 26.2 Å². The summed E-state index contributed by atoms with van der Waals surface area (Å²) >= 11 is 0. The van der Waals surface area contributed by atoms with Gasteiger partial charge in [-0.25, -0.2) is 9.78 Å². The predicted molar refractivity (Wildman–Crippen MR) is 126 cm³/mol. The highest BCUT2D eigenvalue weighted by Gasteiger charge is 2.36. The van der Waals surface area contributed by atoms with Gasteiger partial charge in [-0.05, 0) is 37.0 Å². The molecule has 3 heterocycles. The summed E-state index contributed by atoms with van der Waals surface area (Å²) < 4.78 is 5.90. The van der Waals surface area contributed by atoms with Crippen molar-refractivity contribution in [2.45, 2.75) is 46.2 Å². The number of hydrogen-bond donors (Lipinski definition) is 2. The molecule has 8 heteroatoms. The number of urea groups is 1. The van der Waals surface area contributed by atoms with Crippen LogP contribution in [0.25, 0.3) is 10.9 Å². The molecule has 2 amide bonds. The molecule has 8 nitrogen and oxygen atoms in total. The summed E-state index contributed by atoms with van der Waals surface area (Å²) in [5, 5.41) is 3.86. The van der Waals surface area contributed by atoms with Gasteiger partial charge in [-0.1, -0.05) is 26.0 Å². The molecule has 1 aromatic carbocycles. The fourth-order valence-electron chi connectivity index (χ4n) is 5.08. The minimum Gasteiger partial charge on any atom is -0.466 e. The van der Waals surface area contributed by atoms with E-state index in [1.54, 1.807) is 6.07 Å². The van der Waals surface area contributed by atoms with Gasteiger partial charge in [0.1, 0.15) is 17.3 Å². The summed E-state index contributed by atoms with van der Waals surface area (Å²) in [7, 11) is 0. The summed E-state index contributed by atoms with van der Waals surface area (Å²) in [4.78, 5) is 37.0. The number of piperazine rings is 1. The highest BCUT2D eigenvalue weighted by atomic mass is 16.3. The van der Waals surface area contributed by atoms with E-state index in [4.69, 9.17) is 4.42 Å². The van der Waals surface area contributed by atoms with E-state index in [1.165, 1.54) is 0 Å². The van der Waals surface area contributed by atoms with Gasteiger partial charge >= 0.3 is 6.03 Å². The van der Waals surface area contributed by atoms with Crippen LogP contribution in [0.1, 0.15) is 49.2 Å². The lowest BCUT2D eigenvalue weighted by Gasteiger charge is -2.38. The monoisotopic (exact) mass is 449 g/mol. The Morgan fingerprint density at radius 2 is 2.00 bits per heavy atom. The summed E-state index contributed by atoms with van der Waals surface area (Å²) in [5.74, 6) is 2.55. The second-order valence-corrected chi connectivity index (χ2v) is 10.1. The number of para-hydroxylation sites is 1. The number of aromatic amines is 1. The molecule has 0 spiro atoms. The van der Waals surface area contributed by atoms with Gasteiger partial charge in [0.25, 0.3) is 5.56 Å². The fourth-order valence-corrected chi connectivity index (χ4v) is 5.08.